The van der Waals surface area contributed by atoms with Gasteiger partial charge in [0.15, 0.2) is 0 Å². The normalized spacial score (nSPS) is 27.5. The Labute approximate surface area is 94.0 Å². The van der Waals surface area contributed by atoms with E-state index in [9.17, 15) is 4.79 Å². The van der Waals surface area contributed by atoms with Gasteiger partial charge >= 0.3 is 0 Å². The molecule has 1 amide bonds. The molecule has 1 fully saturated rings. The Kier molecular flexibility index (Phi) is 3.80. The first-order chi connectivity index (χ1) is 6.82. The molecular formula is C13H25NO. The van der Waals surface area contributed by atoms with Gasteiger partial charge < -0.3 is 4.90 Å². The topological polar surface area (TPSA) is 20.3 Å². The summed E-state index contributed by atoms with van der Waals surface area (Å²) in [6.45, 7) is 8.30. The summed E-state index contributed by atoms with van der Waals surface area (Å²) in [6, 6.07) is 0.480. The highest BCUT2D eigenvalue weighted by atomic mass is 16.2. The van der Waals surface area contributed by atoms with E-state index >= 15 is 0 Å². The molecule has 0 unspecified atom stereocenters. The Morgan fingerprint density at radius 1 is 1.13 bits per heavy atom. The highest BCUT2D eigenvalue weighted by Crippen LogP contribution is 2.28. The third-order valence-electron chi connectivity index (χ3n) is 3.50. The molecule has 0 saturated heterocycles. The lowest BCUT2D eigenvalue weighted by Gasteiger charge is -2.36. The van der Waals surface area contributed by atoms with Gasteiger partial charge in [-0.25, -0.2) is 0 Å². The largest absolute Gasteiger partial charge is 0.342 e. The first kappa shape index (κ1) is 12.5. The first-order valence-corrected chi connectivity index (χ1v) is 6.09. The van der Waals surface area contributed by atoms with E-state index in [-0.39, 0.29) is 11.3 Å². The summed E-state index contributed by atoms with van der Waals surface area (Å²) in [6.07, 6.45) is 4.90. The van der Waals surface area contributed by atoms with E-state index in [0.29, 0.717) is 6.04 Å². The van der Waals surface area contributed by atoms with Crippen molar-refractivity contribution in [2.24, 2.45) is 11.3 Å². The molecule has 1 rings (SSSR count). The number of amides is 1. The molecule has 0 bridgehead atoms. The highest BCUT2D eigenvalue weighted by Gasteiger charge is 2.30. The van der Waals surface area contributed by atoms with Gasteiger partial charge in [0.05, 0.1) is 0 Å². The van der Waals surface area contributed by atoms with Crippen molar-refractivity contribution in [3.05, 3.63) is 0 Å². The van der Waals surface area contributed by atoms with Crippen LogP contribution in [0.2, 0.25) is 0 Å². The quantitative estimate of drug-likeness (QED) is 0.652. The molecule has 2 heteroatoms. The average Bonchev–Trinajstić information content (AvgIpc) is 2.15. The van der Waals surface area contributed by atoms with Crippen LogP contribution in [0.25, 0.3) is 0 Å². The molecule has 15 heavy (non-hydrogen) atoms. The number of carbonyl (C=O) groups excluding carboxylic acids is 1. The van der Waals surface area contributed by atoms with Crippen molar-refractivity contribution < 1.29 is 4.79 Å². The number of carbonyl (C=O) groups is 1. The molecule has 0 spiro atoms. The van der Waals surface area contributed by atoms with Crippen LogP contribution < -0.4 is 0 Å². The summed E-state index contributed by atoms with van der Waals surface area (Å²) in [5.41, 5.74) is -0.238. The zero-order chi connectivity index (χ0) is 11.6. The van der Waals surface area contributed by atoms with Crippen LogP contribution >= 0.6 is 0 Å². The molecule has 0 aromatic heterocycles. The Hall–Kier alpha value is -0.530. The summed E-state index contributed by atoms with van der Waals surface area (Å²) < 4.78 is 0. The second-order valence-electron chi connectivity index (χ2n) is 6.08. The lowest BCUT2D eigenvalue weighted by atomic mass is 9.85. The van der Waals surface area contributed by atoms with Gasteiger partial charge in [0.1, 0.15) is 0 Å². The van der Waals surface area contributed by atoms with Gasteiger partial charge in [-0.15, -0.1) is 0 Å². The van der Waals surface area contributed by atoms with E-state index in [1.54, 1.807) is 0 Å². The maximum atomic E-state index is 12.1. The molecule has 1 saturated carbocycles. The Bertz CT molecular complexity index is 221. The van der Waals surface area contributed by atoms with Crippen LogP contribution in [0, 0.1) is 11.3 Å². The lowest BCUT2D eigenvalue weighted by Crippen LogP contribution is -2.44. The van der Waals surface area contributed by atoms with E-state index in [4.69, 9.17) is 0 Å². The van der Waals surface area contributed by atoms with Crippen molar-refractivity contribution in [2.75, 3.05) is 7.05 Å². The first-order valence-electron chi connectivity index (χ1n) is 6.09. The van der Waals surface area contributed by atoms with Crippen molar-refractivity contribution in [3.63, 3.8) is 0 Å². The maximum absolute atomic E-state index is 12.1. The fourth-order valence-electron chi connectivity index (χ4n) is 2.32. The van der Waals surface area contributed by atoms with E-state index in [1.165, 1.54) is 25.7 Å². The molecule has 0 aromatic carbocycles. The van der Waals surface area contributed by atoms with Crippen LogP contribution in [-0.2, 0) is 4.79 Å². The molecule has 2 nitrogen and oxygen atoms in total. The summed E-state index contributed by atoms with van der Waals surface area (Å²) >= 11 is 0. The molecule has 0 aromatic rings. The molecule has 0 N–H and O–H groups in total. The van der Waals surface area contributed by atoms with E-state index in [1.807, 2.05) is 32.7 Å². The lowest BCUT2D eigenvalue weighted by molar-refractivity contribution is -0.141. The van der Waals surface area contributed by atoms with Gasteiger partial charge in [-0.3, -0.25) is 4.79 Å². The van der Waals surface area contributed by atoms with Crippen molar-refractivity contribution >= 4 is 5.91 Å². The van der Waals surface area contributed by atoms with E-state index in [0.717, 1.165) is 5.92 Å². The summed E-state index contributed by atoms with van der Waals surface area (Å²) in [5.74, 6) is 1.13. The van der Waals surface area contributed by atoms with Gasteiger partial charge in [-0.05, 0) is 31.6 Å². The molecule has 0 atom stereocenters. The van der Waals surface area contributed by atoms with Crippen LogP contribution in [0.1, 0.15) is 53.4 Å². The van der Waals surface area contributed by atoms with Gasteiger partial charge in [0, 0.05) is 18.5 Å². The Morgan fingerprint density at radius 2 is 1.60 bits per heavy atom. The fraction of sp³-hybridized carbons (Fsp3) is 0.923. The number of hydrogen-bond acceptors (Lipinski definition) is 1. The molecular weight excluding hydrogens is 186 g/mol. The fourth-order valence-corrected chi connectivity index (χ4v) is 2.32. The van der Waals surface area contributed by atoms with Crippen LogP contribution in [0.4, 0.5) is 0 Å². The number of nitrogens with zero attached hydrogens (tertiary/aromatic N) is 1. The standard InChI is InChI=1S/C13H25NO/c1-10-6-8-11(9-7-10)14(5)12(15)13(2,3)4/h10-11H,6-9H2,1-5H3. The van der Waals surface area contributed by atoms with Crippen LogP contribution in [0.15, 0.2) is 0 Å². The predicted octanol–water partition coefficient (Wildman–Crippen LogP) is 3.07. The van der Waals surface area contributed by atoms with Crippen LogP contribution in [0.3, 0.4) is 0 Å². The molecule has 0 heterocycles. The summed E-state index contributed by atoms with van der Waals surface area (Å²) in [5, 5.41) is 0. The molecule has 0 aliphatic heterocycles. The molecule has 1 aliphatic rings. The predicted molar refractivity (Wildman–Crippen MR) is 63.6 cm³/mol. The minimum absolute atomic E-state index is 0.238. The zero-order valence-corrected chi connectivity index (χ0v) is 10.8. The summed E-state index contributed by atoms with van der Waals surface area (Å²) in [4.78, 5) is 14.0. The minimum Gasteiger partial charge on any atom is -0.342 e. The van der Waals surface area contributed by atoms with E-state index in [2.05, 4.69) is 6.92 Å². The van der Waals surface area contributed by atoms with Crippen molar-refractivity contribution in [2.45, 2.75) is 59.4 Å². The highest BCUT2D eigenvalue weighted by molar-refractivity contribution is 5.81. The van der Waals surface area contributed by atoms with Gasteiger partial charge in [0.2, 0.25) is 5.91 Å². The minimum atomic E-state index is -0.238. The van der Waals surface area contributed by atoms with E-state index < -0.39 is 0 Å². The van der Waals surface area contributed by atoms with Gasteiger partial charge in [-0.1, -0.05) is 27.7 Å². The van der Waals surface area contributed by atoms with Gasteiger partial charge in [0.25, 0.3) is 0 Å². The maximum Gasteiger partial charge on any atom is 0.227 e. The second-order valence-corrected chi connectivity index (χ2v) is 6.08. The number of rotatable bonds is 1. The monoisotopic (exact) mass is 211 g/mol. The summed E-state index contributed by atoms with van der Waals surface area (Å²) in [7, 11) is 1.97. The zero-order valence-electron chi connectivity index (χ0n) is 10.8. The van der Waals surface area contributed by atoms with Crippen LogP contribution in [0.5, 0.6) is 0 Å². The van der Waals surface area contributed by atoms with Crippen molar-refractivity contribution in [3.8, 4) is 0 Å². The smallest absolute Gasteiger partial charge is 0.227 e. The van der Waals surface area contributed by atoms with Crippen molar-refractivity contribution in [1.29, 1.82) is 0 Å². The third-order valence-corrected chi connectivity index (χ3v) is 3.50. The number of hydrogen-bond donors (Lipinski definition) is 0. The second kappa shape index (κ2) is 4.54. The SMILES string of the molecule is CC1CCC(N(C)C(=O)C(C)(C)C)CC1. The van der Waals surface area contributed by atoms with Crippen molar-refractivity contribution in [1.82, 2.24) is 4.90 Å². The Morgan fingerprint density at radius 3 is 2.00 bits per heavy atom. The molecule has 1 aliphatic carbocycles. The van der Waals surface area contributed by atoms with Gasteiger partial charge in [-0.2, -0.15) is 0 Å². The average molecular weight is 211 g/mol. The molecule has 88 valence electrons. The van der Waals surface area contributed by atoms with Crippen LogP contribution in [-0.4, -0.2) is 23.9 Å². The third kappa shape index (κ3) is 3.22. The Balaban J connectivity index is 2.54. The molecule has 0 radical (unpaired) electrons.